The number of amides is 1. The number of aryl methyl sites for hydroxylation is 1. The summed E-state index contributed by atoms with van der Waals surface area (Å²) in [6.07, 6.45) is 0.647. The maximum atomic E-state index is 12.6. The molecule has 0 radical (unpaired) electrons. The van der Waals surface area contributed by atoms with Gasteiger partial charge in [-0.2, -0.15) is 4.98 Å². The Morgan fingerprint density at radius 1 is 1.09 bits per heavy atom. The topological polar surface area (TPSA) is 83.7 Å². The van der Waals surface area contributed by atoms with E-state index >= 15 is 0 Å². The van der Waals surface area contributed by atoms with Crippen LogP contribution in [0, 0.1) is 0 Å². The molecule has 4 rings (SSSR count). The third-order valence-electron chi connectivity index (χ3n) is 5.48. The van der Waals surface area contributed by atoms with Crippen molar-refractivity contribution < 1.29 is 14.1 Å². The number of carbonyl (C=O) groups is 1. The Labute approximate surface area is 188 Å². The lowest BCUT2D eigenvalue weighted by Crippen LogP contribution is -2.44. The van der Waals surface area contributed by atoms with Gasteiger partial charge in [0.2, 0.25) is 17.6 Å². The van der Waals surface area contributed by atoms with Crippen LogP contribution >= 0.6 is 0 Å². The van der Waals surface area contributed by atoms with Gasteiger partial charge >= 0.3 is 0 Å². The predicted molar refractivity (Wildman–Crippen MR) is 124 cm³/mol. The number of carbonyl (C=O) groups excluding carboxylic acids is 1. The van der Waals surface area contributed by atoms with E-state index in [0.29, 0.717) is 24.7 Å². The normalized spacial score (nSPS) is 14.4. The number of likely N-dealkylation sites (N-methyl/N-ethyl adjacent to an activating group) is 1. The highest BCUT2D eigenvalue weighted by Crippen LogP contribution is 2.27. The van der Waals surface area contributed by atoms with E-state index in [1.165, 1.54) is 0 Å². The van der Waals surface area contributed by atoms with Crippen LogP contribution in [0.3, 0.4) is 0 Å². The van der Waals surface area contributed by atoms with Gasteiger partial charge in [0.25, 0.3) is 0 Å². The summed E-state index contributed by atoms with van der Waals surface area (Å²) in [4.78, 5) is 21.7. The Morgan fingerprint density at radius 3 is 2.59 bits per heavy atom. The van der Waals surface area contributed by atoms with E-state index in [0.717, 1.165) is 48.9 Å². The van der Waals surface area contributed by atoms with Gasteiger partial charge in [0.05, 0.1) is 18.0 Å². The molecule has 8 nitrogen and oxygen atoms in total. The molecule has 0 aliphatic carbocycles. The number of benzene rings is 2. The number of hydrogen-bond donors (Lipinski definition) is 1. The van der Waals surface area contributed by atoms with Crippen molar-refractivity contribution in [2.45, 2.75) is 19.8 Å². The fourth-order valence-corrected chi connectivity index (χ4v) is 3.68. The van der Waals surface area contributed by atoms with Crippen LogP contribution in [0.25, 0.3) is 11.4 Å². The molecule has 0 bridgehead atoms. The van der Waals surface area contributed by atoms with Crippen LogP contribution in [0.2, 0.25) is 0 Å². The largest absolute Gasteiger partial charge is 0.494 e. The smallest absolute Gasteiger partial charge is 0.227 e. The molecule has 2 heterocycles. The van der Waals surface area contributed by atoms with Crippen LogP contribution in [0.1, 0.15) is 19.2 Å². The van der Waals surface area contributed by atoms with Crippen LogP contribution in [0.4, 0.5) is 11.4 Å². The van der Waals surface area contributed by atoms with Crippen molar-refractivity contribution in [1.29, 1.82) is 0 Å². The fraction of sp³-hybridized carbons (Fsp3) is 0.375. The van der Waals surface area contributed by atoms with Gasteiger partial charge in [-0.05, 0) is 50.4 Å². The first kappa shape index (κ1) is 21.8. The second-order valence-electron chi connectivity index (χ2n) is 7.82. The monoisotopic (exact) mass is 435 g/mol. The quantitative estimate of drug-likeness (QED) is 0.580. The van der Waals surface area contributed by atoms with E-state index in [2.05, 4.69) is 38.4 Å². The minimum Gasteiger partial charge on any atom is -0.494 e. The Kier molecular flexibility index (Phi) is 7.01. The summed E-state index contributed by atoms with van der Waals surface area (Å²) < 4.78 is 10.8. The highest BCUT2D eigenvalue weighted by atomic mass is 16.5. The molecule has 0 unspecified atom stereocenters. The van der Waals surface area contributed by atoms with Crippen LogP contribution in [0.15, 0.2) is 53.1 Å². The van der Waals surface area contributed by atoms with Gasteiger partial charge in [0.1, 0.15) is 5.75 Å². The summed E-state index contributed by atoms with van der Waals surface area (Å²) in [5.74, 6) is 1.67. The molecule has 0 saturated carbocycles. The molecular weight excluding hydrogens is 406 g/mol. The zero-order chi connectivity index (χ0) is 22.3. The van der Waals surface area contributed by atoms with Crippen molar-refractivity contribution in [3.8, 4) is 17.1 Å². The van der Waals surface area contributed by atoms with Gasteiger partial charge in [-0.15, -0.1) is 0 Å². The Balaban J connectivity index is 1.33. The van der Waals surface area contributed by atoms with Gasteiger partial charge in [-0.25, -0.2) is 0 Å². The van der Waals surface area contributed by atoms with Crippen LogP contribution in [-0.2, 0) is 11.2 Å². The van der Waals surface area contributed by atoms with Crippen LogP contribution in [-0.4, -0.2) is 60.8 Å². The molecule has 1 aliphatic heterocycles. The van der Waals surface area contributed by atoms with Crippen LogP contribution < -0.4 is 15.0 Å². The number of hydrogen-bond acceptors (Lipinski definition) is 7. The zero-order valence-electron chi connectivity index (χ0n) is 18.6. The first-order valence-corrected chi connectivity index (χ1v) is 11.0. The van der Waals surface area contributed by atoms with Crippen molar-refractivity contribution in [2.75, 3.05) is 50.1 Å². The van der Waals surface area contributed by atoms with E-state index in [9.17, 15) is 4.79 Å². The number of nitrogens with one attached hydrogen (secondary N) is 1. The molecule has 0 atom stereocenters. The third kappa shape index (κ3) is 5.45. The summed E-state index contributed by atoms with van der Waals surface area (Å²) >= 11 is 0. The van der Waals surface area contributed by atoms with Crippen molar-refractivity contribution in [2.24, 2.45) is 0 Å². The molecule has 168 valence electrons. The van der Waals surface area contributed by atoms with Crippen molar-refractivity contribution in [3.05, 3.63) is 54.4 Å². The van der Waals surface area contributed by atoms with E-state index in [4.69, 9.17) is 9.26 Å². The molecular formula is C24H29N5O3. The summed E-state index contributed by atoms with van der Waals surface area (Å²) in [5.41, 5.74) is 2.74. The average molecular weight is 436 g/mol. The lowest BCUT2D eigenvalue weighted by atomic mass is 10.2. The van der Waals surface area contributed by atoms with E-state index < -0.39 is 0 Å². The van der Waals surface area contributed by atoms with Crippen molar-refractivity contribution in [3.63, 3.8) is 0 Å². The SMILES string of the molecule is CCOc1ccc(-c2noc(CCC(=O)Nc3ccccc3N3CCN(C)CC3)n2)cc1. The van der Waals surface area contributed by atoms with Gasteiger partial charge < -0.3 is 24.4 Å². The zero-order valence-corrected chi connectivity index (χ0v) is 18.6. The molecule has 8 heteroatoms. The summed E-state index contributed by atoms with van der Waals surface area (Å²) in [6, 6.07) is 15.5. The Morgan fingerprint density at radius 2 is 1.84 bits per heavy atom. The molecule has 1 aromatic heterocycles. The molecule has 0 spiro atoms. The molecule has 1 saturated heterocycles. The number of aromatic nitrogens is 2. The molecule has 1 amide bonds. The van der Waals surface area contributed by atoms with Crippen LogP contribution in [0.5, 0.6) is 5.75 Å². The number of anilines is 2. The lowest BCUT2D eigenvalue weighted by molar-refractivity contribution is -0.116. The molecule has 32 heavy (non-hydrogen) atoms. The van der Waals surface area contributed by atoms with Crippen molar-refractivity contribution in [1.82, 2.24) is 15.0 Å². The maximum Gasteiger partial charge on any atom is 0.227 e. The maximum absolute atomic E-state index is 12.6. The summed E-state index contributed by atoms with van der Waals surface area (Å²) in [7, 11) is 2.13. The standard InChI is InChI=1S/C24H29N5O3/c1-3-31-19-10-8-18(9-11-19)24-26-23(32-27-24)13-12-22(30)25-20-6-4-5-7-21(20)29-16-14-28(2)15-17-29/h4-11H,3,12-17H2,1-2H3,(H,25,30). The summed E-state index contributed by atoms with van der Waals surface area (Å²) in [5, 5.41) is 7.08. The van der Waals surface area contributed by atoms with E-state index in [-0.39, 0.29) is 12.3 Å². The second-order valence-corrected chi connectivity index (χ2v) is 7.82. The van der Waals surface area contributed by atoms with Gasteiger partial charge in [-0.1, -0.05) is 17.3 Å². The second kappa shape index (κ2) is 10.3. The predicted octanol–water partition coefficient (Wildman–Crippen LogP) is 3.46. The number of piperazine rings is 1. The van der Waals surface area contributed by atoms with Gasteiger partial charge in [0, 0.05) is 44.6 Å². The first-order chi connectivity index (χ1) is 15.6. The third-order valence-corrected chi connectivity index (χ3v) is 5.48. The van der Waals surface area contributed by atoms with E-state index in [1.807, 2.05) is 49.4 Å². The highest BCUT2D eigenvalue weighted by Gasteiger charge is 2.18. The highest BCUT2D eigenvalue weighted by molar-refractivity contribution is 5.94. The molecule has 2 aromatic carbocycles. The number of ether oxygens (including phenoxy) is 1. The molecule has 1 aliphatic rings. The molecule has 1 N–H and O–H groups in total. The number of rotatable bonds is 8. The van der Waals surface area contributed by atoms with E-state index in [1.54, 1.807) is 0 Å². The average Bonchev–Trinajstić information content (AvgIpc) is 3.29. The minimum atomic E-state index is -0.0765. The fourth-order valence-electron chi connectivity index (χ4n) is 3.68. The first-order valence-electron chi connectivity index (χ1n) is 11.0. The number of nitrogens with zero attached hydrogens (tertiary/aromatic N) is 4. The summed E-state index contributed by atoms with van der Waals surface area (Å²) in [6.45, 7) is 6.47. The van der Waals surface area contributed by atoms with Gasteiger partial charge in [-0.3, -0.25) is 4.79 Å². The Bertz CT molecular complexity index is 1030. The number of para-hydroxylation sites is 2. The lowest BCUT2D eigenvalue weighted by Gasteiger charge is -2.35. The van der Waals surface area contributed by atoms with Crippen molar-refractivity contribution >= 4 is 17.3 Å². The molecule has 3 aromatic rings. The minimum absolute atomic E-state index is 0.0765. The Hall–Kier alpha value is -3.39. The van der Waals surface area contributed by atoms with Gasteiger partial charge in [0.15, 0.2) is 0 Å². The molecule has 1 fully saturated rings.